The minimum atomic E-state index is -3.92. The van der Waals surface area contributed by atoms with E-state index in [0.29, 0.717) is 18.4 Å². The van der Waals surface area contributed by atoms with Gasteiger partial charge in [0.25, 0.3) is 0 Å². The van der Waals surface area contributed by atoms with Gasteiger partial charge in [-0.25, -0.2) is 8.42 Å². The molecule has 0 radical (unpaired) electrons. The minimum absolute atomic E-state index is 0.172. The van der Waals surface area contributed by atoms with Gasteiger partial charge in [0.1, 0.15) is 0 Å². The van der Waals surface area contributed by atoms with E-state index in [2.05, 4.69) is 30.5 Å². The molecule has 1 aliphatic heterocycles. The zero-order valence-corrected chi connectivity index (χ0v) is 23.1. The Hall–Kier alpha value is -3.00. The van der Waals surface area contributed by atoms with Gasteiger partial charge in [-0.1, -0.05) is 67.6 Å². The van der Waals surface area contributed by atoms with E-state index in [1.54, 1.807) is 23.5 Å². The first-order chi connectivity index (χ1) is 17.8. The second kappa shape index (κ2) is 10.4. The molecule has 4 aromatic rings. The molecule has 2 heterocycles. The number of aryl methyl sites for hydroxylation is 1. The summed E-state index contributed by atoms with van der Waals surface area (Å²) >= 11 is 1.72. The Bertz CT molecular complexity index is 1540. The third-order valence-corrected chi connectivity index (χ3v) is 10.5. The van der Waals surface area contributed by atoms with Crippen LogP contribution in [0.2, 0.25) is 0 Å². The summed E-state index contributed by atoms with van der Waals surface area (Å²) in [4.78, 5) is 17.4. The second-order valence-electron chi connectivity index (χ2n) is 9.68. The highest BCUT2D eigenvalue weighted by Gasteiger charge is 2.37. The number of fused-ring (bicyclic) bond motifs is 2. The molecule has 0 N–H and O–H groups in total. The van der Waals surface area contributed by atoms with Crippen molar-refractivity contribution in [2.75, 3.05) is 13.1 Å². The van der Waals surface area contributed by atoms with E-state index in [9.17, 15) is 13.2 Å². The lowest BCUT2D eigenvalue weighted by Crippen LogP contribution is -2.49. The van der Waals surface area contributed by atoms with Crippen LogP contribution in [0.15, 0.2) is 83.1 Å². The van der Waals surface area contributed by atoms with Crippen LogP contribution in [0.4, 0.5) is 0 Å². The van der Waals surface area contributed by atoms with Crippen LogP contribution in [-0.4, -0.2) is 42.7 Å². The smallest absolute Gasteiger partial charge is 0.244 e. The third-order valence-electron chi connectivity index (χ3n) is 7.48. The molecule has 0 saturated carbocycles. The van der Waals surface area contributed by atoms with E-state index in [4.69, 9.17) is 0 Å². The van der Waals surface area contributed by atoms with Crippen LogP contribution in [-0.2, 0) is 21.2 Å². The first kappa shape index (κ1) is 25.6. The molecule has 0 aliphatic carbocycles. The van der Waals surface area contributed by atoms with Gasteiger partial charge in [0.15, 0.2) is 0 Å². The number of hydrogen-bond donors (Lipinski definition) is 0. The zero-order valence-electron chi connectivity index (χ0n) is 21.4. The maximum atomic E-state index is 14.1. The molecule has 0 saturated heterocycles. The molecule has 192 valence electrons. The van der Waals surface area contributed by atoms with Crippen molar-refractivity contribution in [2.24, 2.45) is 0 Å². The second-order valence-corrected chi connectivity index (χ2v) is 12.5. The van der Waals surface area contributed by atoms with Gasteiger partial charge in [-0.2, -0.15) is 4.31 Å². The van der Waals surface area contributed by atoms with Crippen LogP contribution in [0.3, 0.4) is 0 Å². The summed E-state index contributed by atoms with van der Waals surface area (Å²) in [6, 6.07) is 22.5. The van der Waals surface area contributed by atoms with Gasteiger partial charge >= 0.3 is 0 Å². The number of carbonyl (C=O) groups is 1. The fourth-order valence-corrected chi connectivity index (χ4v) is 8.04. The average Bonchev–Trinajstić information content (AvgIpc) is 3.39. The largest absolute Gasteiger partial charge is 0.330 e. The number of amides is 1. The van der Waals surface area contributed by atoms with Crippen molar-refractivity contribution in [3.05, 3.63) is 99.7 Å². The summed E-state index contributed by atoms with van der Waals surface area (Å²) in [6.07, 6.45) is 1.38. The number of nitrogens with zero attached hydrogens (tertiary/aromatic N) is 2. The maximum absolute atomic E-state index is 14.1. The molecule has 0 fully saturated rings. The summed E-state index contributed by atoms with van der Waals surface area (Å²) < 4.78 is 29.6. The summed E-state index contributed by atoms with van der Waals surface area (Å²) in [5, 5.41) is 3.62. The van der Waals surface area contributed by atoms with E-state index in [-0.39, 0.29) is 29.4 Å². The molecule has 5 rings (SSSR count). The quantitative estimate of drug-likeness (QED) is 0.286. The molecule has 0 spiro atoms. The molecular weight excluding hydrogens is 500 g/mol. The Morgan fingerprint density at radius 3 is 2.54 bits per heavy atom. The molecule has 3 aromatic carbocycles. The van der Waals surface area contributed by atoms with Crippen LogP contribution in [0.1, 0.15) is 47.9 Å². The van der Waals surface area contributed by atoms with Crippen molar-refractivity contribution in [3.63, 3.8) is 0 Å². The summed E-state index contributed by atoms with van der Waals surface area (Å²) in [5.74, 6) is -0.172. The maximum Gasteiger partial charge on any atom is 0.244 e. The van der Waals surface area contributed by atoms with Gasteiger partial charge in [0.2, 0.25) is 15.9 Å². The monoisotopic (exact) mass is 532 g/mol. The highest BCUT2D eigenvalue weighted by molar-refractivity contribution is 7.89. The highest BCUT2D eigenvalue weighted by Crippen LogP contribution is 2.39. The number of hydrogen-bond acceptors (Lipinski definition) is 4. The van der Waals surface area contributed by atoms with Crippen LogP contribution >= 0.6 is 11.3 Å². The first-order valence-corrected chi connectivity index (χ1v) is 15.1. The lowest BCUT2D eigenvalue weighted by molar-refractivity contribution is -0.133. The Labute approximate surface area is 223 Å². The number of benzene rings is 3. The van der Waals surface area contributed by atoms with Crippen molar-refractivity contribution in [1.29, 1.82) is 0 Å². The van der Waals surface area contributed by atoms with Crippen LogP contribution in [0.5, 0.6) is 0 Å². The van der Waals surface area contributed by atoms with Gasteiger partial charge in [0, 0.05) is 22.8 Å². The van der Waals surface area contributed by atoms with E-state index < -0.39 is 10.0 Å². The first-order valence-electron chi connectivity index (χ1n) is 12.7. The van der Waals surface area contributed by atoms with Gasteiger partial charge in [0.05, 0.1) is 17.5 Å². The van der Waals surface area contributed by atoms with Crippen molar-refractivity contribution in [2.45, 2.75) is 50.6 Å². The van der Waals surface area contributed by atoms with E-state index in [0.717, 1.165) is 28.5 Å². The molecule has 5 nitrogen and oxygen atoms in total. The lowest BCUT2D eigenvalue weighted by atomic mass is 9.90. The van der Waals surface area contributed by atoms with Crippen molar-refractivity contribution in [1.82, 2.24) is 9.21 Å². The predicted molar refractivity (Wildman–Crippen MR) is 150 cm³/mol. The van der Waals surface area contributed by atoms with E-state index >= 15 is 0 Å². The molecule has 7 heteroatoms. The molecule has 1 amide bonds. The number of sulfonamides is 1. The molecule has 1 aromatic heterocycles. The Balaban J connectivity index is 1.53. The number of rotatable bonds is 7. The molecule has 1 aliphatic rings. The highest BCUT2D eigenvalue weighted by atomic mass is 32.2. The fraction of sp³-hybridized carbons (Fsp3) is 0.300. The number of thiophene rings is 1. The van der Waals surface area contributed by atoms with Gasteiger partial charge in [-0.15, -0.1) is 11.3 Å². The summed E-state index contributed by atoms with van der Waals surface area (Å²) in [7, 11) is -3.92. The summed E-state index contributed by atoms with van der Waals surface area (Å²) in [5.41, 5.74) is 3.35. The minimum Gasteiger partial charge on any atom is -0.330 e. The average molecular weight is 533 g/mol. The summed E-state index contributed by atoms with van der Waals surface area (Å²) in [6.45, 7) is 6.27. The standard InChI is InChI=1S/C30H32N2O3S2/c1-4-22(3)32(37(34,35)28-15-9-12-23-11-6-8-14-25(23)28)20-29(33)31-18-16-27-26(17-19-36-27)30(31)24-13-7-5-10-21(24)2/h5-15,17,19,22,30H,4,16,18,20H2,1-3H3/t22-,30+/m1/s1. The van der Waals surface area contributed by atoms with E-state index in [1.165, 1.54) is 9.18 Å². The van der Waals surface area contributed by atoms with Gasteiger partial charge in [-0.3, -0.25) is 4.79 Å². The van der Waals surface area contributed by atoms with Crippen LogP contribution < -0.4 is 0 Å². The third kappa shape index (κ3) is 4.72. The molecule has 37 heavy (non-hydrogen) atoms. The van der Waals surface area contributed by atoms with E-state index in [1.807, 2.05) is 61.2 Å². The molecule has 2 atom stereocenters. The van der Waals surface area contributed by atoms with Gasteiger partial charge < -0.3 is 4.90 Å². The van der Waals surface area contributed by atoms with Crippen molar-refractivity contribution >= 4 is 38.0 Å². The zero-order chi connectivity index (χ0) is 26.2. The normalized spacial score (nSPS) is 16.6. The SMILES string of the molecule is CC[C@@H](C)N(CC(=O)N1CCc2sccc2[C@@H]1c1ccccc1C)S(=O)(=O)c1cccc2ccccc12. The van der Waals surface area contributed by atoms with Crippen molar-refractivity contribution in [3.8, 4) is 0 Å². The Morgan fingerprint density at radius 2 is 1.76 bits per heavy atom. The Morgan fingerprint density at radius 1 is 1.03 bits per heavy atom. The van der Waals surface area contributed by atoms with Crippen LogP contribution in [0, 0.1) is 6.92 Å². The topological polar surface area (TPSA) is 57.7 Å². The van der Waals surface area contributed by atoms with Crippen molar-refractivity contribution < 1.29 is 13.2 Å². The predicted octanol–water partition coefficient (Wildman–Crippen LogP) is 6.17. The fourth-order valence-electron chi connectivity index (χ4n) is 5.27. The lowest BCUT2D eigenvalue weighted by Gasteiger charge is -2.38. The number of carbonyl (C=O) groups excluding carboxylic acids is 1. The molecule has 0 unspecified atom stereocenters. The molecular formula is C30H32N2O3S2. The molecule has 0 bridgehead atoms. The van der Waals surface area contributed by atoms with Crippen LogP contribution in [0.25, 0.3) is 10.8 Å². The Kier molecular flexibility index (Phi) is 7.21. The van der Waals surface area contributed by atoms with Gasteiger partial charge in [-0.05, 0) is 66.3 Å².